The van der Waals surface area contributed by atoms with E-state index in [0.717, 1.165) is 15.6 Å². The first-order valence-corrected chi connectivity index (χ1v) is 6.54. The zero-order chi connectivity index (χ0) is 13.5. The highest BCUT2D eigenvalue weighted by molar-refractivity contribution is 9.10. The first-order valence-electron chi connectivity index (χ1n) is 5.75. The molecular weight excluding hydrogens is 298 g/mol. The van der Waals surface area contributed by atoms with Crippen molar-refractivity contribution in [3.05, 3.63) is 27.7 Å². The van der Waals surface area contributed by atoms with Crippen LogP contribution in [0.3, 0.4) is 0 Å². The fourth-order valence-corrected chi connectivity index (χ4v) is 2.39. The molecule has 18 heavy (non-hydrogen) atoms. The second-order valence-corrected chi connectivity index (χ2v) is 6.21. The first kappa shape index (κ1) is 13.2. The van der Waals surface area contributed by atoms with Gasteiger partial charge in [0.15, 0.2) is 0 Å². The van der Waals surface area contributed by atoms with E-state index in [2.05, 4.69) is 15.9 Å². The summed E-state index contributed by atoms with van der Waals surface area (Å²) in [6.07, 6.45) is -0.356. The molecule has 0 saturated heterocycles. The van der Waals surface area contributed by atoms with Crippen molar-refractivity contribution in [3.63, 3.8) is 0 Å². The standard InChI is InChI=1S/C13H16BrNO3/c1-13(2,3)18-12(17)15-6-8-9(7-15)11(16)5-4-10(8)14/h4-5,16H,6-7H2,1-3H3. The fraction of sp³-hybridized carbons (Fsp3) is 0.462. The van der Waals surface area contributed by atoms with Gasteiger partial charge in [-0.25, -0.2) is 4.79 Å². The lowest BCUT2D eigenvalue weighted by Gasteiger charge is -2.24. The average molecular weight is 314 g/mol. The van der Waals surface area contributed by atoms with Crippen LogP contribution in [0.4, 0.5) is 4.79 Å². The van der Waals surface area contributed by atoms with Crippen molar-refractivity contribution >= 4 is 22.0 Å². The summed E-state index contributed by atoms with van der Waals surface area (Å²) in [5.74, 6) is 0.222. The zero-order valence-electron chi connectivity index (χ0n) is 10.7. The molecule has 5 heteroatoms. The summed E-state index contributed by atoms with van der Waals surface area (Å²) < 4.78 is 6.23. The summed E-state index contributed by atoms with van der Waals surface area (Å²) >= 11 is 3.43. The Bertz CT molecular complexity index is 463. The number of hydrogen-bond acceptors (Lipinski definition) is 3. The van der Waals surface area contributed by atoms with E-state index in [0.29, 0.717) is 13.1 Å². The largest absolute Gasteiger partial charge is 0.508 e. The molecule has 0 spiro atoms. The lowest BCUT2D eigenvalue weighted by atomic mass is 10.1. The van der Waals surface area contributed by atoms with Crippen LogP contribution in [-0.2, 0) is 17.8 Å². The summed E-state index contributed by atoms with van der Waals surface area (Å²) in [6.45, 7) is 6.35. The van der Waals surface area contributed by atoms with E-state index < -0.39 is 5.60 Å². The molecule has 0 atom stereocenters. The molecule has 0 unspecified atom stereocenters. The third-order valence-corrected chi connectivity index (χ3v) is 3.44. The maximum Gasteiger partial charge on any atom is 0.410 e. The van der Waals surface area contributed by atoms with Crippen LogP contribution in [0, 0.1) is 0 Å². The van der Waals surface area contributed by atoms with E-state index in [1.807, 2.05) is 20.8 Å². The van der Waals surface area contributed by atoms with Gasteiger partial charge in [0, 0.05) is 10.0 Å². The van der Waals surface area contributed by atoms with E-state index in [4.69, 9.17) is 4.74 Å². The van der Waals surface area contributed by atoms with Gasteiger partial charge in [-0.3, -0.25) is 4.90 Å². The van der Waals surface area contributed by atoms with Crippen LogP contribution in [-0.4, -0.2) is 21.7 Å². The molecule has 0 aromatic heterocycles. The van der Waals surface area contributed by atoms with Gasteiger partial charge < -0.3 is 9.84 Å². The lowest BCUT2D eigenvalue weighted by molar-refractivity contribution is 0.0241. The number of carbonyl (C=O) groups excluding carboxylic acids is 1. The van der Waals surface area contributed by atoms with Gasteiger partial charge in [-0.2, -0.15) is 0 Å². The Morgan fingerprint density at radius 1 is 1.33 bits per heavy atom. The molecule has 2 rings (SSSR count). The molecule has 0 saturated carbocycles. The Balaban J connectivity index is 2.18. The van der Waals surface area contributed by atoms with Crippen LogP contribution in [0.1, 0.15) is 31.9 Å². The lowest BCUT2D eigenvalue weighted by Crippen LogP contribution is -2.33. The molecule has 4 nitrogen and oxygen atoms in total. The second-order valence-electron chi connectivity index (χ2n) is 5.36. The SMILES string of the molecule is CC(C)(C)OC(=O)N1Cc2c(O)ccc(Br)c2C1. The van der Waals surface area contributed by atoms with E-state index in [1.165, 1.54) is 0 Å². The average Bonchev–Trinajstić information content (AvgIpc) is 2.67. The number of ether oxygens (including phenoxy) is 1. The maximum atomic E-state index is 12.0. The number of phenolic OH excluding ortho intramolecular Hbond substituents is 1. The third kappa shape index (κ3) is 2.61. The number of hydrogen-bond donors (Lipinski definition) is 1. The zero-order valence-corrected chi connectivity index (χ0v) is 12.2. The summed E-state index contributed by atoms with van der Waals surface area (Å²) in [7, 11) is 0. The highest BCUT2D eigenvalue weighted by Crippen LogP contribution is 2.35. The van der Waals surface area contributed by atoms with Gasteiger partial charge in [-0.1, -0.05) is 15.9 Å². The Labute approximate surface area is 115 Å². The molecule has 98 valence electrons. The highest BCUT2D eigenvalue weighted by atomic mass is 79.9. The van der Waals surface area contributed by atoms with Crippen LogP contribution >= 0.6 is 15.9 Å². The van der Waals surface area contributed by atoms with E-state index in [1.54, 1.807) is 17.0 Å². The number of phenols is 1. The van der Waals surface area contributed by atoms with E-state index >= 15 is 0 Å². The minimum Gasteiger partial charge on any atom is -0.508 e. The fourth-order valence-electron chi connectivity index (χ4n) is 1.89. The Morgan fingerprint density at radius 2 is 1.94 bits per heavy atom. The number of aromatic hydroxyl groups is 1. The number of amides is 1. The molecular formula is C13H16BrNO3. The van der Waals surface area contributed by atoms with Crippen LogP contribution in [0.2, 0.25) is 0 Å². The topological polar surface area (TPSA) is 49.8 Å². The van der Waals surface area contributed by atoms with Crippen LogP contribution in [0.15, 0.2) is 16.6 Å². The van der Waals surface area contributed by atoms with Gasteiger partial charge in [0.1, 0.15) is 11.4 Å². The van der Waals surface area contributed by atoms with Gasteiger partial charge in [-0.15, -0.1) is 0 Å². The minimum absolute atomic E-state index is 0.222. The molecule has 1 heterocycles. The molecule has 0 bridgehead atoms. The van der Waals surface area contributed by atoms with Crippen LogP contribution < -0.4 is 0 Å². The molecule has 1 aromatic carbocycles. The van der Waals surface area contributed by atoms with E-state index in [-0.39, 0.29) is 11.8 Å². The molecule has 0 aliphatic carbocycles. The Hall–Kier alpha value is -1.23. The number of carbonyl (C=O) groups is 1. The first-order chi connectivity index (χ1) is 8.28. The molecule has 1 aromatic rings. The smallest absolute Gasteiger partial charge is 0.410 e. The van der Waals surface area contributed by atoms with E-state index in [9.17, 15) is 9.90 Å². The summed E-state index contributed by atoms with van der Waals surface area (Å²) in [6, 6.07) is 3.41. The van der Waals surface area contributed by atoms with Crippen molar-refractivity contribution < 1.29 is 14.6 Å². The maximum absolute atomic E-state index is 12.0. The molecule has 0 radical (unpaired) electrons. The van der Waals surface area contributed by atoms with Crippen LogP contribution in [0.25, 0.3) is 0 Å². The summed E-state index contributed by atoms with van der Waals surface area (Å²) in [4.78, 5) is 13.5. The molecule has 1 aliphatic rings. The molecule has 1 aliphatic heterocycles. The minimum atomic E-state index is -0.509. The number of fused-ring (bicyclic) bond motifs is 1. The summed E-state index contributed by atoms with van der Waals surface area (Å²) in [5, 5.41) is 9.79. The highest BCUT2D eigenvalue weighted by Gasteiger charge is 2.30. The molecule has 0 fully saturated rings. The van der Waals surface area contributed by atoms with Crippen molar-refractivity contribution in [2.45, 2.75) is 39.5 Å². The van der Waals surface area contributed by atoms with Crippen molar-refractivity contribution in [1.82, 2.24) is 4.90 Å². The van der Waals surface area contributed by atoms with Crippen LogP contribution in [0.5, 0.6) is 5.75 Å². The predicted octanol–water partition coefficient (Wildman–Crippen LogP) is 3.41. The van der Waals surface area contributed by atoms with Crippen molar-refractivity contribution in [2.75, 3.05) is 0 Å². The van der Waals surface area contributed by atoms with Crippen molar-refractivity contribution in [1.29, 1.82) is 0 Å². The quantitative estimate of drug-likeness (QED) is 0.798. The van der Waals surface area contributed by atoms with Gasteiger partial charge in [0.2, 0.25) is 0 Å². The summed E-state index contributed by atoms with van der Waals surface area (Å²) in [5.41, 5.74) is 1.22. The normalized spacial score (nSPS) is 14.6. The third-order valence-electron chi connectivity index (χ3n) is 2.70. The van der Waals surface area contributed by atoms with Gasteiger partial charge in [0.05, 0.1) is 13.1 Å². The van der Waals surface area contributed by atoms with Gasteiger partial charge in [-0.05, 0) is 38.5 Å². The number of halogens is 1. The van der Waals surface area contributed by atoms with Crippen molar-refractivity contribution in [3.8, 4) is 5.75 Å². The number of benzene rings is 1. The molecule has 1 amide bonds. The number of rotatable bonds is 0. The second kappa shape index (κ2) is 4.46. The molecule has 1 N–H and O–H groups in total. The Morgan fingerprint density at radius 3 is 2.50 bits per heavy atom. The Kier molecular flexibility index (Phi) is 3.27. The number of nitrogens with zero attached hydrogens (tertiary/aromatic N) is 1. The van der Waals surface area contributed by atoms with Gasteiger partial charge in [0.25, 0.3) is 0 Å². The van der Waals surface area contributed by atoms with Gasteiger partial charge >= 0.3 is 6.09 Å². The predicted molar refractivity (Wildman–Crippen MR) is 71.3 cm³/mol. The van der Waals surface area contributed by atoms with Crippen molar-refractivity contribution in [2.24, 2.45) is 0 Å². The monoisotopic (exact) mass is 313 g/mol.